The lowest BCUT2D eigenvalue weighted by Crippen LogP contribution is -2.43. The number of nitrogens with one attached hydrogen (secondary N) is 1. The standard InChI is InChI=1S/C12H22N4/c1-16-8-7-14-12(16)9-11(15-13)10-5-3-2-4-6-10/h7-8,10-11,15H,2-6,9,13H2,1H3. The first-order valence-corrected chi connectivity index (χ1v) is 6.23. The highest BCUT2D eigenvalue weighted by Crippen LogP contribution is 2.27. The Hall–Kier alpha value is -0.870. The highest BCUT2D eigenvalue weighted by molar-refractivity contribution is 4.96. The molecule has 2 rings (SSSR count). The average Bonchev–Trinajstić information content (AvgIpc) is 2.73. The maximum Gasteiger partial charge on any atom is 0.109 e. The van der Waals surface area contributed by atoms with Crippen LogP contribution in [0, 0.1) is 5.92 Å². The van der Waals surface area contributed by atoms with E-state index in [0.29, 0.717) is 6.04 Å². The smallest absolute Gasteiger partial charge is 0.109 e. The number of rotatable bonds is 4. The van der Waals surface area contributed by atoms with Gasteiger partial charge in [0.05, 0.1) is 0 Å². The second-order valence-electron chi connectivity index (χ2n) is 4.83. The van der Waals surface area contributed by atoms with E-state index in [1.165, 1.54) is 32.1 Å². The molecule has 1 aliphatic rings. The molecule has 1 heterocycles. The van der Waals surface area contributed by atoms with Gasteiger partial charge >= 0.3 is 0 Å². The van der Waals surface area contributed by atoms with Crippen molar-refractivity contribution >= 4 is 0 Å². The van der Waals surface area contributed by atoms with Gasteiger partial charge in [-0.15, -0.1) is 0 Å². The molecule has 0 bridgehead atoms. The summed E-state index contributed by atoms with van der Waals surface area (Å²) in [7, 11) is 2.04. The van der Waals surface area contributed by atoms with Crippen LogP contribution in [0.1, 0.15) is 37.9 Å². The number of hydrogen-bond acceptors (Lipinski definition) is 3. The van der Waals surface area contributed by atoms with Gasteiger partial charge in [0.1, 0.15) is 5.82 Å². The lowest BCUT2D eigenvalue weighted by Gasteiger charge is -2.29. The molecule has 1 saturated carbocycles. The first kappa shape index (κ1) is 11.6. The Morgan fingerprint density at radius 1 is 1.50 bits per heavy atom. The van der Waals surface area contributed by atoms with Gasteiger partial charge in [-0.25, -0.2) is 4.98 Å². The fraction of sp³-hybridized carbons (Fsp3) is 0.750. The summed E-state index contributed by atoms with van der Waals surface area (Å²) in [5.41, 5.74) is 2.98. The largest absolute Gasteiger partial charge is 0.338 e. The molecule has 0 radical (unpaired) electrons. The van der Waals surface area contributed by atoms with Crippen LogP contribution in [-0.4, -0.2) is 15.6 Å². The molecule has 1 fully saturated rings. The van der Waals surface area contributed by atoms with Gasteiger partial charge in [0.2, 0.25) is 0 Å². The van der Waals surface area contributed by atoms with Gasteiger partial charge in [0.25, 0.3) is 0 Å². The molecule has 1 atom stereocenters. The molecule has 90 valence electrons. The van der Waals surface area contributed by atoms with E-state index in [1.807, 2.05) is 19.4 Å². The maximum absolute atomic E-state index is 5.68. The molecule has 3 N–H and O–H groups in total. The average molecular weight is 222 g/mol. The number of hydrazine groups is 1. The van der Waals surface area contributed by atoms with E-state index < -0.39 is 0 Å². The van der Waals surface area contributed by atoms with E-state index in [0.717, 1.165) is 18.2 Å². The molecule has 0 aliphatic heterocycles. The lowest BCUT2D eigenvalue weighted by molar-refractivity contribution is 0.265. The van der Waals surface area contributed by atoms with Crippen molar-refractivity contribution in [3.63, 3.8) is 0 Å². The van der Waals surface area contributed by atoms with Crippen molar-refractivity contribution in [2.75, 3.05) is 0 Å². The Bertz CT molecular complexity index is 315. The van der Waals surface area contributed by atoms with Crippen LogP contribution in [0.25, 0.3) is 0 Å². The molecule has 4 nitrogen and oxygen atoms in total. The van der Waals surface area contributed by atoms with E-state index in [-0.39, 0.29) is 0 Å². The van der Waals surface area contributed by atoms with Crippen molar-refractivity contribution in [3.05, 3.63) is 18.2 Å². The number of hydrogen-bond donors (Lipinski definition) is 2. The second kappa shape index (κ2) is 5.46. The first-order valence-electron chi connectivity index (χ1n) is 6.23. The fourth-order valence-electron chi connectivity index (χ4n) is 2.69. The van der Waals surface area contributed by atoms with Crippen molar-refractivity contribution in [2.24, 2.45) is 18.8 Å². The normalized spacial score (nSPS) is 19.9. The summed E-state index contributed by atoms with van der Waals surface area (Å²) < 4.78 is 2.08. The minimum Gasteiger partial charge on any atom is -0.338 e. The van der Waals surface area contributed by atoms with E-state index >= 15 is 0 Å². The minimum atomic E-state index is 0.376. The van der Waals surface area contributed by atoms with Crippen LogP contribution in [0.15, 0.2) is 12.4 Å². The highest BCUT2D eigenvalue weighted by atomic mass is 15.2. The molecular formula is C12H22N4. The van der Waals surface area contributed by atoms with Crippen molar-refractivity contribution in [2.45, 2.75) is 44.6 Å². The van der Waals surface area contributed by atoms with Gasteiger partial charge < -0.3 is 4.57 Å². The number of nitrogens with two attached hydrogens (primary N) is 1. The molecule has 0 aromatic carbocycles. The van der Waals surface area contributed by atoms with Crippen molar-refractivity contribution < 1.29 is 0 Å². The summed E-state index contributed by atoms with van der Waals surface area (Å²) in [5, 5.41) is 0. The predicted octanol–water partition coefficient (Wildman–Crippen LogP) is 1.37. The van der Waals surface area contributed by atoms with Crippen LogP contribution in [-0.2, 0) is 13.5 Å². The molecule has 4 heteroatoms. The van der Waals surface area contributed by atoms with E-state index in [1.54, 1.807) is 0 Å². The zero-order valence-electron chi connectivity index (χ0n) is 10.0. The van der Waals surface area contributed by atoms with Crippen molar-refractivity contribution in [3.8, 4) is 0 Å². The topological polar surface area (TPSA) is 55.9 Å². The summed E-state index contributed by atoms with van der Waals surface area (Å²) in [5.74, 6) is 7.52. The summed E-state index contributed by atoms with van der Waals surface area (Å²) >= 11 is 0. The van der Waals surface area contributed by atoms with Crippen molar-refractivity contribution in [1.29, 1.82) is 0 Å². The third-order valence-corrected chi connectivity index (χ3v) is 3.76. The third kappa shape index (κ3) is 2.62. The minimum absolute atomic E-state index is 0.376. The number of aromatic nitrogens is 2. The SMILES string of the molecule is Cn1ccnc1CC(NN)C1CCCCC1. The summed E-state index contributed by atoms with van der Waals surface area (Å²) in [6.07, 6.45) is 11.5. The molecular weight excluding hydrogens is 200 g/mol. The van der Waals surface area contributed by atoms with Crippen LogP contribution >= 0.6 is 0 Å². The number of imidazole rings is 1. The van der Waals surface area contributed by atoms with E-state index in [2.05, 4.69) is 15.0 Å². The van der Waals surface area contributed by atoms with Crippen LogP contribution in [0.4, 0.5) is 0 Å². The van der Waals surface area contributed by atoms with Crippen LogP contribution < -0.4 is 11.3 Å². The van der Waals surface area contributed by atoms with E-state index in [9.17, 15) is 0 Å². The third-order valence-electron chi connectivity index (χ3n) is 3.76. The highest BCUT2D eigenvalue weighted by Gasteiger charge is 2.23. The van der Waals surface area contributed by atoms with Gasteiger partial charge in [-0.1, -0.05) is 19.3 Å². The number of aryl methyl sites for hydroxylation is 1. The predicted molar refractivity (Wildman–Crippen MR) is 64.6 cm³/mol. The molecule has 1 aromatic heterocycles. The first-order chi connectivity index (χ1) is 7.81. The Morgan fingerprint density at radius 2 is 2.25 bits per heavy atom. The van der Waals surface area contributed by atoms with Gasteiger partial charge in [-0.05, 0) is 18.8 Å². The van der Waals surface area contributed by atoms with E-state index in [4.69, 9.17) is 5.84 Å². The molecule has 1 aromatic rings. The summed E-state index contributed by atoms with van der Waals surface area (Å²) in [6, 6.07) is 0.376. The number of nitrogens with zero attached hydrogens (tertiary/aromatic N) is 2. The fourth-order valence-corrected chi connectivity index (χ4v) is 2.69. The molecule has 0 spiro atoms. The summed E-state index contributed by atoms with van der Waals surface area (Å²) in [6.45, 7) is 0. The second-order valence-corrected chi connectivity index (χ2v) is 4.83. The zero-order chi connectivity index (χ0) is 11.4. The Labute approximate surface area is 97.2 Å². The van der Waals surface area contributed by atoms with Crippen LogP contribution in [0.5, 0.6) is 0 Å². The summed E-state index contributed by atoms with van der Waals surface area (Å²) in [4.78, 5) is 4.37. The molecule has 0 amide bonds. The Balaban J connectivity index is 1.97. The zero-order valence-corrected chi connectivity index (χ0v) is 10.0. The molecule has 1 aliphatic carbocycles. The Morgan fingerprint density at radius 3 is 2.81 bits per heavy atom. The van der Waals surface area contributed by atoms with Gasteiger partial charge in [0, 0.05) is 31.9 Å². The maximum atomic E-state index is 5.68. The molecule has 0 saturated heterocycles. The van der Waals surface area contributed by atoms with Gasteiger partial charge in [-0.2, -0.15) is 0 Å². The van der Waals surface area contributed by atoms with Gasteiger partial charge in [-0.3, -0.25) is 11.3 Å². The van der Waals surface area contributed by atoms with Gasteiger partial charge in [0.15, 0.2) is 0 Å². The van der Waals surface area contributed by atoms with Crippen LogP contribution in [0.2, 0.25) is 0 Å². The Kier molecular flexibility index (Phi) is 3.96. The quantitative estimate of drug-likeness (QED) is 0.597. The monoisotopic (exact) mass is 222 g/mol. The molecule has 1 unspecified atom stereocenters. The van der Waals surface area contributed by atoms with Crippen molar-refractivity contribution in [1.82, 2.24) is 15.0 Å². The molecule has 16 heavy (non-hydrogen) atoms. The van der Waals surface area contributed by atoms with Crippen LogP contribution in [0.3, 0.4) is 0 Å². The lowest BCUT2D eigenvalue weighted by atomic mass is 9.83.